The molecule has 3 heteroatoms. The minimum absolute atomic E-state index is 0.176. The van der Waals surface area contributed by atoms with E-state index in [1.54, 1.807) is 0 Å². The Labute approximate surface area is 112 Å². The number of benzene rings is 1. The number of aliphatic hydroxyl groups excluding tert-OH is 1. The fourth-order valence-corrected chi connectivity index (χ4v) is 2.82. The van der Waals surface area contributed by atoms with Crippen LogP contribution in [0.1, 0.15) is 24.5 Å². The lowest BCUT2D eigenvalue weighted by Crippen LogP contribution is -2.23. The first-order valence-corrected chi connectivity index (χ1v) is 7.01. The van der Waals surface area contributed by atoms with Crippen LogP contribution in [0.15, 0.2) is 22.7 Å². The van der Waals surface area contributed by atoms with Crippen LogP contribution in [0, 0.1) is 12.8 Å². The van der Waals surface area contributed by atoms with Crippen molar-refractivity contribution in [3.8, 4) is 0 Å². The van der Waals surface area contributed by atoms with Crippen LogP contribution in [0.2, 0.25) is 0 Å². The van der Waals surface area contributed by atoms with Crippen LogP contribution in [0.5, 0.6) is 0 Å². The number of rotatable bonds is 3. The van der Waals surface area contributed by atoms with E-state index >= 15 is 0 Å². The SMILES string of the molecule is Cc1ccc(CN2CCC(C(C)O)C2)cc1Br. The topological polar surface area (TPSA) is 23.5 Å². The fraction of sp³-hybridized carbons (Fsp3) is 0.571. The summed E-state index contributed by atoms with van der Waals surface area (Å²) in [6.45, 7) is 7.11. The fourth-order valence-electron chi connectivity index (χ4n) is 2.39. The summed E-state index contributed by atoms with van der Waals surface area (Å²) < 4.78 is 1.18. The molecule has 1 N–H and O–H groups in total. The molecule has 0 bridgehead atoms. The van der Waals surface area contributed by atoms with E-state index in [0.717, 1.165) is 26.1 Å². The second kappa shape index (κ2) is 5.51. The van der Waals surface area contributed by atoms with Gasteiger partial charge in [-0.3, -0.25) is 4.90 Å². The predicted molar refractivity (Wildman–Crippen MR) is 73.9 cm³/mol. The van der Waals surface area contributed by atoms with Gasteiger partial charge in [0.25, 0.3) is 0 Å². The second-order valence-corrected chi connectivity index (χ2v) is 5.96. The second-order valence-electron chi connectivity index (χ2n) is 5.11. The van der Waals surface area contributed by atoms with Gasteiger partial charge in [-0.2, -0.15) is 0 Å². The maximum atomic E-state index is 9.58. The lowest BCUT2D eigenvalue weighted by Gasteiger charge is -2.17. The first-order valence-electron chi connectivity index (χ1n) is 6.21. The van der Waals surface area contributed by atoms with Crippen LogP contribution in [0.3, 0.4) is 0 Å². The van der Waals surface area contributed by atoms with Crippen LogP contribution in [0.4, 0.5) is 0 Å². The number of aryl methyl sites for hydroxylation is 1. The molecule has 0 amide bonds. The third kappa shape index (κ3) is 3.30. The van der Waals surface area contributed by atoms with Gasteiger partial charge in [0.15, 0.2) is 0 Å². The van der Waals surface area contributed by atoms with Crippen molar-refractivity contribution in [3.05, 3.63) is 33.8 Å². The van der Waals surface area contributed by atoms with Crippen LogP contribution >= 0.6 is 15.9 Å². The molecule has 17 heavy (non-hydrogen) atoms. The van der Waals surface area contributed by atoms with E-state index in [4.69, 9.17) is 0 Å². The van der Waals surface area contributed by atoms with Crippen molar-refractivity contribution in [1.82, 2.24) is 4.90 Å². The summed E-state index contributed by atoms with van der Waals surface area (Å²) in [5, 5.41) is 9.58. The Bertz CT molecular complexity index is 392. The molecular formula is C14H20BrNO. The predicted octanol–water partition coefficient (Wildman–Crippen LogP) is 2.96. The minimum atomic E-state index is -0.176. The summed E-state index contributed by atoms with van der Waals surface area (Å²) in [5.41, 5.74) is 2.62. The third-order valence-corrected chi connectivity index (χ3v) is 4.49. The highest BCUT2D eigenvalue weighted by atomic mass is 79.9. The first kappa shape index (κ1) is 13.1. The van der Waals surface area contributed by atoms with E-state index in [1.165, 1.54) is 15.6 Å². The first-order chi connectivity index (χ1) is 8.06. The zero-order valence-electron chi connectivity index (χ0n) is 10.5. The molecule has 1 aromatic carbocycles. The lowest BCUT2D eigenvalue weighted by molar-refractivity contribution is 0.127. The molecule has 94 valence electrons. The number of halogens is 1. The standard InChI is InChI=1S/C14H20BrNO/c1-10-3-4-12(7-14(10)15)8-16-6-5-13(9-16)11(2)17/h3-4,7,11,13,17H,5-6,8-9H2,1-2H3. The van der Waals surface area contributed by atoms with E-state index in [1.807, 2.05) is 6.92 Å². The molecule has 1 aliphatic rings. The van der Waals surface area contributed by atoms with Gasteiger partial charge in [-0.25, -0.2) is 0 Å². The van der Waals surface area contributed by atoms with Crippen molar-refractivity contribution in [2.75, 3.05) is 13.1 Å². The molecule has 2 nitrogen and oxygen atoms in total. The third-order valence-electron chi connectivity index (χ3n) is 3.63. The van der Waals surface area contributed by atoms with Crippen molar-refractivity contribution in [3.63, 3.8) is 0 Å². The molecule has 1 aliphatic heterocycles. The molecular weight excluding hydrogens is 278 g/mol. The minimum Gasteiger partial charge on any atom is -0.393 e. The summed E-state index contributed by atoms with van der Waals surface area (Å²) >= 11 is 3.57. The van der Waals surface area contributed by atoms with E-state index in [9.17, 15) is 5.11 Å². The van der Waals surface area contributed by atoms with Gasteiger partial charge in [0.2, 0.25) is 0 Å². The highest BCUT2D eigenvalue weighted by Crippen LogP contribution is 2.23. The summed E-state index contributed by atoms with van der Waals surface area (Å²) in [4.78, 5) is 2.43. The van der Waals surface area contributed by atoms with Gasteiger partial charge in [0.1, 0.15) is 0 Å². The summed E-state index contributed by atoms with van der Waals surface area (Å²) in [6.07, 6.45) is 0.940. The monoisotopic (exact) mass is 297 g/mol. The van der Waals surface area contributed by atoms with Gasteiger partial charge in [-0.05, 0) is 49.9 Å². The Morgan fingerprint density at radius 2 is 2.29 bits per heavy atom. The van der Waals surface area contributed by atoms with E-state index in [-0.39, 0.29) is 6.10 Å². The van der Waals surface area contributed by atoms with Crippen LogP contribution < -0.4 is 0 Å². The van der Waals surface area contributed by atoms with Crippen LogP contribution in [-0.2, 0) is 6.54 Å². The highest BCUT2D eigenvalue weighted by molar-refractivity contribution is 9.10. The molecule has 2 unspecified atom stereocenters. The molecule has 0 radical (unpaired) electrons. The highest BCUT2D eigenvalue weighted by Gasteiger charge is 2.25. The van der Waals surface area contributed by atoms with E-state index in [0.29, 0.717) is 5.92 Å². The maximum Gasteiger partial charge on any atom is 0.0552 e. The molecule has 0 aliphatic carbocycles. The maximum absolute atomic E-state index is 9.58. The van der Waals surface area contributed by atoms with Crippen molar-refractivity contribution < 1.29 is 5.11 Å². The van der Waals surface area contributed by atoms with E-state index < -0.39 is 0 Å². The zero-order valence-corrected chi connectivity index (χ0v) is 12.1. The quantitative estimate of drug-likeness (QED) is 0.927. The Hall–Kier alpha value is -0.380. The number of likely N-dealkylation sites (tertiary alicyclic amines) is 1. The molecule has 0 aromatic heterocycles. The Morgan fingerprint density at radius 1 is 1.53 bits per heavy atom. The van der Waals surface area contributed by atoms with Gasteiger partial charge in [0, 0.05) is 17.6 Å². The average molecular weight is 298 g/mol. The van der Waals surface area contributed by atoms with Crippen molar-refractivity contribution in [2.24, 2.45) is 5.92 Å². The Kier molecular flexibility index (Phi) is 4.23. The largest absolute Gasteiger partial charge is 0.393 e. The van der Waals surface area contributed by atoms with Crippen LogP contribution in [0.25, 0.3) is 0 Å². The summed E-state index contributed by atoms with van der Waals surface area (Å²) in [5.74, 6) is 0.448. The number of nitrogens with zero attached hydrogens (tertiary/aromatic N) is 1. The number of aliphatic hydroxyl groups is 1. The number of hydrogen-bond donors (Lipinski definition) is 1. The average Bonchev–Trinajstić information content (AvgIpc) is 2.72. The van der Waals surface area contributed by atoms with Crippen molar-refractivity contribution >= 4 is 15.9 Å². The van der Waals surface area contributed by atoms with Crippen molar-refractivity contribution in [2.45, 2.75) is 32.9 Å². The Morgan fingerprint density at radius 3 is 2.88 bits per heavy atom. The normalized spacial score (nSPS) is 22.9. The van der Waals surface area contributed by atoms with Gasteiger partial charge in [0.05, 0.1) is 6.10 Å². The molecule has 0 spiro atoms. The number of hydrogen-bond acceptors (Lipinski definition) is 2. The molecule has 2 rings (SSSR count). The smallest absolute Gasteiger partial charge is 0.0552 e. The van der Waals surface area contributed by atoms with Crippen LogP contribution in [-0.4, -0.2) is 29.2 Å². The molecule has 1 heterocycles. The molecule has 1 saturated heterocycles. The summed E-state index contributed by atoms with van der Waals surface area (Å²) in [6, 6.07) is 6.54. The van der Waals surface area contributed by atoms with Gasteiger partial charge >= 0.3 is 0 Å². The van der Waals surface area contributed by atoms with Crippen molar-refractivity contribution in [1.29, 1.82) is 0 Å². The molecule has 2 atom stereocenters. The Balaban J connectivity index is 1.96. The molecule has 0 saturated carbocycles. The lowest BCUT2D eigenvalue weighted by atomic mass is 10.0. The van der Waals surface area contributed by atoms with E-state index in [2.05, 4.69) is 46.0 Å². The van der Waals surface area contributed by atoms with Gasteiger partial charge < -0.3 is 5.11 Å². The summed E-state index contributed by atoms with van der Waals surface area (Å²) in [7, 11) is 0. The molecule has 1 fully saturated rings. The molecule has 1 aromatic rings. The zero-order chi connectivity index (χ0) is 12.4. The van der Waals surface area contributed by atoms with Gasteiger partial charge in [-0.15, -0.1) is 0 Å². The van der Waals surface area contributed by atoms with Gasteiger partial charge in [-0.1, -0.05) is 28.1 Å².